The van der Waals surface area contributed by atoms with Gasteiger partial charge in [0.2, 0.25) is 11.8 Å². The first-order chi connectivity index (χ1) is 12.7. The standard InChI is InChI=1S/C21H15N3O2/c1-24-20(25)16-14-10-6-2-4-8-12(10)22-18(14)19-15(17(16)21(24)26)11-7-3-5-9-13(11)23-19/h2-9,16-17,22-23H,1H3/t16-,17+. The first kappa shape index (κ1) is 13.9. The lowest BCUT2D eigenvalue weighted by Gasteiger charge is -2.23. The topological polar surface area (TPSA) is 69.0 Å². The Balaban J connectivity index is 1.82. The Bertz CT molecular complexity index is 1160. The summed E-state index contributed by atoms with van der Waals surface area (Å²) in [6.45, 7) is 0. The third kappa shape index (κ3) is 1.43. The summed E-state index contributed by atoms with van der Waals surface area (Å²) in [4.78, 5) is 34.3. The number of nitrogens with one attached hydrogen (secondary N) is 2. The third-order valence-electron chi connectivity index (χ3n) is 5.89. The summed E-state index contributed by atoms with van der Waals surface area (Å²) >= 11 is 0. The average molecular weight is 341 g/mol. The number of benzene rings is 2. The van der Waals surface area contributed by atoms with Crippen molar-refractivity contribution in [2.75, 3.05) is 7.05 Å². The van der Waals surface area contributed by atoms with Gasteiger partial charge in [-0.1, -0.05) is 36.4 Å². The van der Waals surface area contributed by atoms with Crippen molar-refractivity contribution in [3.05, 3.63) is 59.7 Å². The minimum atomic E-state index is -0.467. The van der Waals surface area contributed by atoms with E-state index in [9.17, 15) is 9.59 Å². The third-order valence-corrected chi connectivity index (χ3v) is 5.89. The molecule has 26 heavy (non-hydrogen) atoms. The summed E-state index contributed by atoms with van der Waals surface area (Å²) in [5, 5.41) is 2.02. The number of hydrogen-bond acceptors (Lipinski definition) is 2. The summed E-state index contributed by atoms with van der Waals surface area (Å²) in [5.74, 6) is -1.18. The molecule has 0 saturated carbocycles. The highest BCUT2D eigenvalue weighted by molar-refractivity contribution is 6.16. The van der Waals surface area contributed by atoms with E-state index in [-0.39, 0.29) is 11.8 Å². The monoisotopic (exact) mass is 341 g/mol. The highest BCUT2D eigenvalue weighted by Gasteiger charge is 2.53. The molecule has 0 spiro atoms. The summed E-state index contributed by atoms with van der Waals surface area (Å²) < 4.78 is 0. The minimum absolute atomic E-state index is 0.123. The number of carbonyl (C=O) groups is 2. The van der Waals surface area contributed by atoms with Gasteiger partial charge in [-0.25, -0.2) is 0 Å². The van der Waals surface area contributed by atoms with Crippen LogP contribution in [-0.4, -0.2) is 33.7 Å². The van der Waals surface area contributed by atoms with Crippen molar-refractivity contribution in [3.63, 3.8) is 0 Å². The van der Waals surface area contributed by atoms with Crippen LogP contribution in [0.2, 0.25) is 0 Å². The summed E-state index contributed by atoms with van der Waals surface area (Å²) in [7, 11) is 1.59. The number of carbonyl (C=O) groups excluding carboxylic acids is 2. The molecule has 1 aliphatic carbocycles. The predicted molar refractivity (Wildman–Crippen MR) is 98.9 cm³/mol. The highest BCUT2D eigenvalue weighted by atomic mass is 16.2. The van der Waals surface area contributed by atoms with E-state index in [1.54, 1.807) is 7.05 Å². The van der Waals surface area contributed by atoms with E-state index < -0.39 is 11.8 Å². The van der Waals surface area contributed by atoms with Crippen LogP contribution in [0.1, 0.15) is 23.0 Å². The molecule has 4 aromatic rings. The number of aromatic nitrogens is 2. The second-order valence-corrected chi connectivity index (χ2v) is 7.11. The van der Waals surface area contributed by atoms with Crippen molar-refractivity contribution in [1.82, 2.24) is 14.9 Å². The molecule has 2 aliphatic rings. The van der Waals surface area contributed by atoms with Gasteiger partial charge in [-0.15, -0.1) is 0 Å². The van der Waals surface area contributed by atoms with Crippen molar-refractivity contribution in [1.29, 1.82) is 0 Å². The molecule has 0 unspecified atom stereocenters. The molecule has 2 amide bonds. The van der Waals surface area contributed by atoms with Gasteiger partial charge < -0.3 is 9.97 Å². The number of rotatable bonds is 0. The Morgan fingerprint density at radius 3 is 1.62 bits per heavy atom. The molecule has 2 aromatic heterocycles. The van der Waals surface area contributed by atoms with Crippen LogP contribution in [0.15, 0.2) is 48.5 Å². The number of likely N-dealkylation sites (tertiary alicyclic amines) is 1. The average Bonchev–Trinajstić information content (AvgIpc) is 3.29. The largest absolute Gasteiger partial charge is 0.353 e. The Kier molecular flexibility index (Phi) is 2.37. The van der Waals surface area contributed by atoms with Crippen molar-refractivity contribution >= 4 is 33.6 Å². The van der Waals surface area contributed by atoms with Crippen LogP contribution in [0.4, 0.5) is 0 Å². The molecule has 2 aromatic carbocycles. The van der Waals surface area contributed by atoms with Crippen LogP contribution in [0.25, 0.3) is 33.2 Å². The molecule has 0 radical (unpaired) electrons. The van der Waals surface area contributed by atoms with E-state index in [2.05, 4.69) is 9.97 Å². The van der Waals surface area contributed by atoms with E-state index in [4.69, 9.17) is 0 Å². The van der Waals surface area contributed by atoms with Crippen molar-refractivity contribution in [2.24, 2.45) is 0 Å². The lowest BCUT2D eigenvalue weighted by molar-refractivity contribution is -0.137. The number of nitrogens with zero attached hydrogens (tertiary/aromatic N) is 1. The van der Waals surface area contributed by atoms with Gasteiger partial charge in [0.1, 0.15) is 0 Å². The molecule has 2 atom stereocenters. The molecule has 0 bridgehead atoms. The molecular formula is C21H15N3O2. The number of fused-ring (bicyclic) bond motifs is 10. The van der Waals surface area contributed by atoms with Gasteiger partial charge in [0.25, 0.3) is 0 Å². The molecule has 5 nitrogen and oxygen atoms in total. The maximum atomic E-state index is 13.0. The maximum Gasteiger partial charge on any atom is 0.237 e. The number of hydrogen-bond donors (Lipinski definition) is 2. The summed E-state index contributed by atoms with van der Waals surface area (Å²) in [6.07, 6.45) is 0. The Labute approximate surface area is 148 Å². The zero-order valence-corrected chi connectivity index (χ0v) is 14.0. The van der Waals surface area contributed by atoms with Crippen molar-refractivity contribution < 1.29 is 9.59 Å². The van der Waals surface area contributed by atoms with Gasteiger partial charge in [-0.3, -0.25) is 14.5 Å². The number of para-hydroxylation sites is 2. The molecule has 6 rings (SSSR count). The zero-order chi connectivity index (χ0) is 17.6. The van der Waals surface area contributed by atoms with Gasteiger partial charge >= 0.3 is 0 Å². The van der Waals surface area contributed by atoms with E-state index >= 15 is 0 Å². The first-order valence-electron chi connectivity index (χ1n) is 8.70. The van der Waals surface area contributed by atoms with Crippen LogP contribution in [-0.2, 0) is 9.59 Å². The Morgan fingerprint density at radius 1 is 0.731 bits per heavy atom. The van der Waals surface area contributed by atoms with Gasteiger partial charge in [0.15, 0.2) is 0 Å². The zero-order valence-electron chi connectivity index (χ0n) is 14.0. The quantitative estimate of drug-likeness (QED) is 0.481. The van der Waals surface area contributed by atoms with Gasteiger partial charge in [0.05, 0.1) is 23.2 Å². The second kappa shape index (κ2) is 4.43. The fraction of sp³-hybridized carbons (Fsp3) is 0.143. The lowest BCUT2D eigenvalue weighted by atomic mass is 9.76. The normalized spacial score (nSPS) is 21.3. The van der Waals surface area contributed by atoms with Crippen LogP contribution >= 0.6 is 0 Å². The fourth-order valence-corrected chi connectivity index (χ4v) is 4.76. The van der Waals surface area contributed by atoms with E-state index in [1.807, 2.05) is 48.5 Å². The Hall–Kier alpha value is -3.34. The number of imide groups is 1. The first-order valence-corrected chi connectivity index (χ1v) is 8.70. The van der Waals surface area contributed by atoms with Gasteiger partial charge in [-0.05, 0) is 12.1 Å². The predicted octanol–water partition coefficient (Wildman–Crippen LogP) is 3.50. The Morgan fingerprint density at radius 2 is 1.15 bits per heavy atom. The van der Waals surface area contributed by atoms with Crippen LogP contribution in [0.5, 0.6) is 0 Å². The van der Waals surface area contributed by atoms with E-state index in [0.717, 1.165) is 44.3 Å². The number of H-pyrrole nitrogens is 2. The molecule has 1 fully saturated rings. The SMILES string of the molecule is CN1C(=O)[C@@H]2c3c([nH]c4ccccc34)-c3[nH]c4ccccc4c3[C@@H]2C1=O. The lowest BCUT2D eigenvalue weighted by Crippen LogP contribution is -2.25. The van der Waals surface area contributed by atoms with E-state index in [0.29, 0.717) is 0 Å². The highest BCUT2D eigenvalue weighted by Crippen LogP contribution is 2.54. The smallest absolute Gasteiger partial charge is 0.237 e. The summed E-state index contributed by atoms with van der Waals surface area (Å²) in [5.41, 5.74) is 5.69. The van der Waals surface area contributed by atoms with Crippen LogP contribution in [0, 0.1) is 0 Å². The molecule has 5 heteroatoms. The fourth-order valence-electron chi connectivity index (χ4n) is 4.76. The second-order valence-electron chi connectivity index (χ2n) is 7.11. The van der Waals surface area contributed by atoms with Crippen molar-refractivity contribution in [2.45, 2.75) is 11.8 Å². The molecule has 1 saturated heterocycles. The van der Waals surface area contributed by atoms with E-state index in [1.165, 1.54) is 4.90 Å². The van der Waals surface area contributed by atoms with Crippen LogP contribution in [0.3, 0.4) is 0 Å². The maximum absolute atomic E-state index is 13.0. The number of amides is 2. The van der Waals surface area contributed by atoms with Gasteiger partial charge in [-0.2, -0.15) is 0 Å². The minimum Gasteiger partial charge on any atom is -0.353 e. The molecule has 126 valence electrons. The van der Waals surface area contributed by atoms with Crippen LogP contribution < -0.4 is 0 Å². The molecular weight excluding hydrogens is 326 g/mol. The molecule has 3 heterocycles. The number of likely N-dealkylation sites (N-methyl/N-ethyl adjacent to an activating group) is 1. The van der Waals surface area contributed by atoms with Gasteiger partial charge in [0, 0.05) is 40.0 Å². The molecule has 2 N–H and O–H groups in total. The number of aromatic amines is 2. The summed E-state index contributed by atoms with van der Waals surface area (Å²) in [6, 6.07) is 15.9. The molecule has 1 aliphatic heterocycles. The van der Waals surface area contributed by atoms with Crippen molar-refractivity contribution in [3.8, 4) is 11.4 Å².